The lowest BCUT2D eigenvalue weighted by Crippen LogP contribution is -2.17. The number of nitriles is 1. The van der Waals surface area contributed by atoms with Crippen molar-refractivity contribution in [2.45, 2.75) is 13.8 Å². The lowest BCUT2D eigenvalue weighted by atomic mass is 10.1. The lowest BCUT2D eigenvalue weighted by Gasteiger charge is -2.07. The van der Waals surface area contributed by atoms with Crippen LogP contribution in [0, 0.1) is 18.3 Å². The quantitative estimate of drug-likeness (QED) is 0.418. The monoisotopic (exact) mass is 374 g/mol. The molecule has 2 N–H and O–H groups in total. The number of nitrogens with zero attached hydrogens (tertiary/aromatic N) is 3. The van der Waals surface area contributed by atoms with Crippen molar-refractivity contribution in [2.75, 3.05) is 6.61 Å². The van der Waals surface area contributed by atoms with Crippen molar-refractivity contribution >= 4 is 22.8 Å². The number of fused-ring (bicyclic) bond motifs is 1. The summed E-state index contributed by atoms with van der Waals surface area (Å²) in [6.07, 6.45) is 0. The number of hydrogen-bond donors (Lipinski definition) is 1. The van der Waals surface area contributed by atoms with E-state index in [2.05, 4.69) is 4.98 Å². The Balaban J connectivity index is 1.84. The first-order chi connectivity index (χ1) is 13.4. The Kier molecular flexibility index (Phi) is 5.23. The van der Waals surface area contributed by atoms with Crippen LogP contribution in [0.25, 0.3) is 16.7 Å². The maximum Gasteiger partial charge on any atom is 0.338 e. The maximum atomic E-state index is 12.3. The minimum absolute atomic E-state index is 0.0897. The molecule has 0 saturated carbocycles. The van der Waals surface area contributed by atoms with E-state index in [1.54, 1.807) is 24.3 Å². The molecule has 3 aromatic rings. The lowest BCUT2D eigenvalue weighted by molar-refractivity contribution is -0.118. The van der Waals surface area contributed by atoms with E-state index >= 15 is 0 Å². The predicted molar refractivity (Wildman–Crippen MR) is 104 cm³/mol. The second-order valence-corrected chi connectivity index (χ2v) is 6.20. The molecule has 1 heterocycles. The van der Waals surface area contributed by atoms with Crippen LogP contribution in [0.15, 0.2) is 59.8 Å². The number of aryl methyl sites for hydroxylation is 1. The van der Waals surface area contributed by atoms with Crippen LogP contribution in [-0.2, 0) is 9.53 Å². The third kappa shape index (κ3) is 3.62. The van der Waals surface area contributed by atoms with Crippen molar-refractivity contribution in [3.8, 4) is 11.8 Å². The smallest absolute Gasteiger partial charge is 0.338 e. The van der Waals surface area contributed by atoms with Crippen molar-refractivity contribution in [1.82, 2.24) is 9.55 Å². The number of carbonyl (C=O) groups is 2. The molecule has 28 heavy (non-hydrogen) atoms. The predicted octanol–water partition coefficient (Wildman–Crippen LogP) is 2.82. The van der Waals surface area contributed by atoms with Gasteiger partial charge in [-0.25, -0.2) is 9.78 Å². The van der Waals surface area contributed by atoms with E-state index in [4.69, 9.17) is 15.7 Å². The van der Waals surface area contributed by atoms with E-state index in [0.717, 1.165) is 17.0 Å². The summed E-state index contributed by atoms with van der Waals surface area (Å²) in [4.78, 5) is 28.7. The van der Waals surface area contributed by atoms with Gasteiger partial charge in [-0.1, -0.05) is 18.2 Å². The van der Waals surface area contributed by atoms with Crippen LogP contribution in [0.1, 0.15) is 23.1 Å². The van der Waals surface area contributed by atoms with Crippen LogP contribution < -0.4 is 5.73 Å². The Labute approximate surface area is 161 Å². The van der Waals surface area contributed by atoms with Crippen LogP contribution in [0.3, 0.4) is 0 Å². The fraction of sp³-hybridized carbons (Fsp3) is 0.143. The minimum Gasteiger partial charge on any atom is -0.454 e. The second kappa shape index (κ2) is 7.76. The van der Waals surface area contributed by atoms with E-state index in [1.807, 2.05) is 41.8 Å². The average Bonchev–Trinajstić information content (AvgIpc) is 3.01. The van der Waals surface area contributed by atoms with Crippen LogP contribution in [0.5, 0.6) is 0 Å². The molecule has 0 atom stereocenters. The van der Waals surface area contributed by atoms with E-state index in [0.29, 0.717) is 5.52 Å². The molecule has 0 aliphatic heterocycles. The van der Waals surface area contributed by atoms with Gasteiger partial charge in [-0.3, -0.25) is 9.36 Å². The highest BCUT2D eigenvalue weighted by Crippen LogP contribution is 2.22. The molecule has 0 aliphatic rings. The maximum absolute atomic E-state index is 12.3. The fourth-order valence-electron chi connectivity index (χ4n) is 2.89. The third-order valence-corrected chi connectivity index (χ3v) is 4.19. The summed E-state index contributed by atoms with van der Waals surface area (Å²) >= 11 is 0. The molecule has 7 heteroatoms. The number of benzene rings is 2. The topological polar surface area (TPSA) is 111 Å². The van der Waals surface area contributed by atoms with Crippen LogP contribution in [-0.4, -0.2) is 27.9 Å². The number of rotatable bonds is 5. The standard InChI is InChI=1S/C21H18N4O3/c1-13(23)17(11-22)20(26)12-28-21(27)15-8-9-19-18(10-15)24-14(2)25(19)16-6-4-3-5-7-16/h3-10H,12,23H2,1-2H3. The summed E-state index contributed by atoms with van der Waals surface area (Å²) in [5, 5.41) is 8.93. The number of allylic oxidation sites excluding steroid dienone is 1. The van der Waals surface area contributed by atoms with E-state index in [-0.39, 0.29) is 16.8 Å². The molecule has 1 aromatic heterocycles. The molecule has 3 rings (SSSR count). The number of imidazole rings is 1. The molecule has 140 valence electrons. The number of aromatic nitrogens is 2. The van der Waals surface area contributed by atoms with Crippen LogP contribution in [0.4, 0.5) is 0 Å². The van der Waals surface area contributed by atoms with Gasteiger partial charge in [0.25, 0.3) is 0 Å². The zero-order valence-corrected chi connectivity index (χ0v) is 15.5. The van der Waals surface area contributed by atoms with Gasteiger partial charge in [-0.15, -0.1) is 0 Å². The Hall–Kier alpha value is -3.92. The summed E-state index contributed by atoms with van der Waals surface area (Å²) in [6.45, 7) is 2.78. The van der Waals surface area contributed by atoms with Gasteiger partial charge in [0.15, 0.2) is 6.61 Å². The summed E-state index contributed by atoms with van der Waals surface area (Å²) in [5.41, 5.74) is 8.08. The number of carbonyl (C=O) groups excluding carboxylic acids is 2. The van der Waals surface area contributed by atoms with Crippen molar-refractivity contribution in [3.63, 3.8) is 0 Å². The van der Waals surface area contributed by atoms with Gasteiger partial charge >= 0.3 is 5.97 Å². The number of Topliss-reactive ketones (excluding diaryl/α,β-unsaturated/α-hetero) is 1. The van der Waals surface area contributed by atoms with Gasteiger partial charge in [-0.2, -0.15) is 5.26 Å². The first-order valence-electron chi connectivity index (χ1n) is 8.53. The van der Waals surface area contributed by atoms with E-state index < -0.39 is 18.4 Å². The molecular weight excluding hydrogens is 356 g/mol. The molecular formula is C21H18N4O3. The second-order valence-electron chi connectivity index (χ2n) is 6.20. The highest BCUT2D eigenvalue weighted by Gasteiger charge is 2.17. The van der Waals surface area contributed by atoms with Gasteiger partial charge < -0.3 is 10.5 Å². The summed E-state index contributed by atoms with van der Waals surface area (Å²) in [5.74, 6) is -0.528. The Morgan fingerprint density at radius 2 is 1.93 bits per heavy atom. The number of hydrogen-bond acceptors (Lipinski definition) is 6. The minimum atomic E-state index is -0.672. The van der Waals surface area contributed by atoms with Crippen LogP contribution >= 0.6 is 0 Å². The van der Waals surface area contributed by atoms with E-state index in [9.17, 15) is 9.59 Å². The highest BCUT2D eigenvalue weighted by atomic mass is 16.5. The molecule has 0 unspecified atom stereocenters. The van der Waals surface area contributed by atoms with Crippen LogP contribution in [0.2, 0.25) is 0 Å². The highest BCUT2D eigenvalue weighted by molar-refractivity contribution is 6.02. The van der Waals surface area contributed by atoms with Crippen molar-refractivity contribution in [1.29, 1.82) is 5.26 Å². The molecule has 0 radical (unpaired) electrons. The molecule has 0 fully saturated rings. The zero-order valence-electron chi connectivity index (χ0n) is 15.5. The third-order valence-electron chi connectivity index (χ3n) is 4.19. The first-order valence-corrected chi connectivity index (χ1v) is 8.53. The molecule has 0 aliphatic carbocycles. The van der Waals surface area contributed by atoms with Gasteiger partial charge in [0, 0.05) is 11.4 Å². The summed E-state index contributed by atoms with van der Waals surface area (Å²) < 4.78 is 7.02. The number of esters is 1. The molecule has 2 aromatic carbocycles. The van der Waals surface area contributed by atoms with Crippen molar-refractivity contribution < 1.29 is 14.3 Å². The number of para-hydroxylation sites is 1. The average molecular weight is 374 g/mol. The van der Waals surface area contributed by atoms with Gasteiger partial charge in [0.05, 0.1) is 16.6 Å². The normalized spacial score (nSPS) is 11.6. The Bertz CT molecular complexity index is 1130. The molecule has 0 amide bonds. The number of nitrogens with two attached hydrogens (primary N) is 1. The summed E-state index contributed by atoms with van der Waals surface area (Å²) in [6, 6.07) is 16.5. The Morgan fingerprint density at radius 3 is 2.57 bits per heavy atom. The fourth-order valence-corrected chi connectivity index (χ4v) is 2.89. The summed E-state index contributed by atoms with van der Waals surface area (Å²) in [7, 11) is 0. The Morgan fingerprint density at radius 1 is 1.21 bits per heavy atom. The molecule has 0 bridgehead atoms. The molecule has 0 saturated heterocycles. The van der Waals surface area contributed by atoms with E-state index in [1.165, 1.54) is 6.92 Å². The van der Waals surface area contributed by atoms with Gasteiger partial charge in [-0.05, 0) is 44.2 Å². The largest absolute Gasteiger partial charge is 0.454 e. The molecule has 7 nitrogen and oxygen atoms in total. The van der Waals surface area contributed by atoms with Gasteiger partial charge in [0.1, 0.15) is 17.5 Å². The SMILES string of the molecule is CC(N)=C(C#N)C(=O)COC(=O)c1ccc2c(c1)nc(C)n2-c1ccccc1. The van der Waals surface area contributed by atoms with Crippen molar-refractivity contribution in [3.05, 3.63) is 71.2 Å². The van der Waals surface area contributed by atoms with Gasteiger partial charge in [0.2, 0.25) is 5.78 Å². The molecule has 0 spiro atoms. The first kappa shape index (κ1) is 18.9. The zero-order chi connectivity index (χ0) is 20.3. The van der Waals surface area contributed by atoms with Crippen molar-refractivity contribution in [2.24, 2.45) is 5.73 Å². The number of ketones is 1. The number of ether oxygens (including phenoxy) is 1.